The van der Waals surface area contributed by atoms with E-state index >= 15 is 0 Å². The Morgan fingerprint density at radius 1 is 0.929 bits per heavy atom. The first-order valence-electron chi connectivity index (χ1n) is 8.36. The number of carbonyl (C=O) groups is 1. The van der Waals surface area contributed by atoms with Crippen molar-refractivity contribution in [1.82, 2.24) is 0 Å². The Balaban J connectivity index is 2.18. The highest BCUT2D eigenvalue weighted by atomic mass is 16.6. The number of nitrogen functional groups attached to an aromatic ring is 1. The van der Waals surface area contributed by atoms with Crippen LogP contribution < -0.4 is 10.5 Å². The minimum Gasteiger partial charge on any atom is -0.497 e. The number of ether oxygens (including phenoxy) is 2. The average Bonchev–Trinajstić information content (AvgIpc) is 2.73. The number of nitro groups is 1. The fraction of sp³-hybridized carbons (Fsp3) is 0.0952. The largest absolute Gasteiger partial charge is 0.497 e. The molecular weight excluding hydrogens is 360 g/mol. The number of anilines is 1. The Hall–Kier alpha value is -3.87. The molecule has 0 heterocycles. The number of nitrogens with two attached hydrogens (primary N) is 1. The molecule has 0 spiro atoms. The second-order valence-corrected chi connectivity index (χ2v) is 5.97. The Kier molecular flexibility index (Phi) is 5.26. The van der Waals surface area contributed by atoms with Gasteiger partial charge in [-0.1, -0.05) is 18.2 Å². The molecule has 0 radical (unpaired) electrons. The lowest BCUT2D eigenvalue weighted by atomic mass is 9.92. The molecule has 0 aromatic heterocycles. The molecule has 0 aliphatic heterocycles. The summed E-state index contributed by atoms with van der Waals surface area (Å²) in [6, 6.07) is 16.6. The lowest BCUT2D eigenvalue weighted by molar-refractivity contribution is -0.384. The number of rotatable bonds is 5. The number of methoxy groups -OCH3 is 2. The SMILES string of the molecule is COC(=O)c1ccc(-c2ccc([N+](=O)[O-])cc2)c(N)c1-c1ccc(OC)cc1. The molecule has 7 nitrogen and oxygen atoms in total. The smallest absolute Gasteiger partial charge is 0.338 e. The quantitative estimate of drug-likeness (QED) is 0.307. The van der Waals surface area contributed by atoms with Crippen LogP contribution in [-0.4, -0.2) is 25.1 Å². The summed E-state index contributed by atoms with van der Waals surface area (Å²) in [5, 5.41) is 10.9. The van der Waals surface area contributed by atoms with Gasteiger partial charge in [-0.2, -0.15) is 0 Å². The third-order valence-corrected chi connectivity index (χ3v) is 4.42. The number of hydrogen-bond acceptors (Lipinski definition) is 6. The van der Waals surface area contributed by atoms with Crippen LogP contribution in [0.4, 0.5) is 11.4 Å². The molecule has 3 rings (SSSR count). The minimum atomic E-state index is -0.507. The van der Waals surface area contributed by atoms with Crippen molar-refractivity contribution in [1.29, 1.82) is 0 Å². The monoisotopic (exact) mass is 378 g/mol. The fourth-order valence-corrected chi connectivity index (χ4v) is 2.98. The molecule has 3 aromatic rings. The third-order valence-electron chi connectivity index (χ3n) is 4.42. The molecule has 0 aliphatic carbocycles. The van der Waals surface area contributed by atoms with Crippen molar-refractivity contribution in [2.75, 3.05) is 20.0 Å². The van der Waals surface area contributed by atoms with Gasteiger partial charge in [0.25, 0.3) is 5.69 Å². The van der Waals surface area contributed by atoms with E-state index in [0.29, 0.717) is 33.7 Å². The number of esters is 1. The van der Waals surface area contributed by atoms with Gasteiger partial charge in [0.2, 0.25) is 0 Å². The van der Waals surface area contributed by atoms with Crippen LogP contribution in [0.15, 0.2) is 60.7 Å². The Labute approximate surface area is 161 Å². The van der Waals surface area contributed by atoms with Crippen LogP contribution in [0, 0.1) is 10.1 Å². The summed E-state index contributed by atoms with van der Waals surface area (Å²) in [5.74, 6) is 0.168. The van der Waals surface area contributed by atoms with Crippen molar-refractivity contribution >= 4 is 17.3 Å². The number of carbonyl (C=O) groups excluding carboxylic acids is 1. The molecular formula is C21H18N2O5. The molecule has 0 saturated carbocycles. The Morgan fingerprint density at radius 2 is 1.54 bits per heavy atom. The van der Waals surface area contributed by atoms with Crippen LogP contribution in [0.5, 0.6) is 5.75 Å². The normalized spacial score (nSPS) is 10.4. The molecule has 2 N–H and O–H groups in total. The highest BCUT2D eigenvalue weighted by Crippen LogP contribution is 2.38. The fourth-order valence-electron chi connectivity index (χ4n) is 2.98. The predicted molar refractivity (Wildman–Crippen MR) is 106 cm³/mol. The van der Waals surface area contributed by atoms with E-state index < -0.39 is 10.9 Å². The number of nitrogens with zero attached hydrogens (tertiary/aromatic N) is 1. The summed E-state index contributed by atoms with van der Waals surface area (Å²) < 4.78 is 10.1. The van der Waals surface area contributed by atoms with Crippen LogP contribution in [0.3, 0.4) is 0 Å². The van der Waals surface area contributed by atoms with E-state index in [1.165, 1.54) is 19.2 Å². The van der Waals surface area contributed by atoms with Crippen LogP contribution in [0.1, 0.15) is 10.4 Å². The van der Waals surface area contributed by atoms with Crippen molar-refractivity contribution in [3.63, 3.8) is 0 Å². The summed E-state index contributed by atoms with van der Waals surface area (Å²) in [6.45, 7) is 0. The zero-order chi connectivity index (χ0) is 20.3. The summed E-state index contributed by atoms with van der Waals surface area (Å²) in [7, 11) is 2.87. The first-order valence-corrected chi connectivity index (χ1v) is 8.36. The molecule has 0 unspecified atom stereocenters. The van der Waals surface area contributed by atoms with Crippen LogP contribution in [-0.2, 0) is 4.74 Å². The molecule has 142 valence electrons. The molecule has 0 amide bonds. The lowest BCUT2D eigenvalue weighted by Gasteiger charge is -2.16. The van der Waals surface area contributed by atoms with Gasteiger partial charge in [0.15, 0.2) is 0 Å². The first-order chi connectivity index (χ1) is 13.5. The average molecular weight is 378 g/mol. The minimum absolute atomic E-state index is 0.0103. The zero-order valence-electron chi connectivity index (χ0n) is 15.3. The van der Waals surface area contributed by atoms with E-state index in [4.69, 9.17) is 15.2 Å². The second kappa shape index (κ2) is 7.79. The second-order valence-electron chi connectivity index (χ2n) is 5.97. The van der Waals surface area contributed by atoms with Crippen molar-refractivity contribution in [2.24, 2.45) is 0 Å². The van der Waals surface area contributed by atoms with E-state index in [2.05, 4.69) is 0 Å². The van der Waals surface area contributed by atoms with Crippen molar-refractivity contribution in [3.05, 3.63) is 76.3 Å². The standard InChI is InChI=1S/C21H18N2O5/c1-27-16-9-5-14(6-10-16)19-18(21(24)28-2)12-11-17(20(19)22)13-3-7-15(8-4-13)23(25)26/h3-12H,22H2,1-2H3. The van der Waals surface area contributed by atoms with E-state index in [0.717, 1.165) is 5.56 Å². The number of non-ortho nitro benzene ring substituents is 1. The predicted octanol–water partition coefficient (Wildman–Crippen LogP) is 4.31. The number of nitro benzene ring substituents is 1. The van der Waals surface area contributed by atoms with E-state index in [-0.39, 0.29) is 5.69 Å². The van der Waals surface area contributed by atoms with Crippen molar-refractivity contribution in [2.45, 2.75) is 0 Å². The van der Waals surface area contributed by atoms with E-state index in [1.54, 1.807) is 55.6 Å². The van der Waals surface area contributed by atoms with Gasteiger partial charge in [-0.25, -0.2) is 4.79 Å². The third kappa shape index (κ3) is 3.50. The molecule has 3 aromatic carbocycles. The topological polar surface area (TPSA) is 105 Å². The van der Waals surface area contributed by atoms with Crippen molar-refractivity contribution < 1.29 is 19.2 Å². The molecule has 0 bridgehead atoms. The maximum atomic E-state index is 12.3. The molecule has 0 saturated heterocycles. The highest BCUT2D eigenvalue weighted by Gasteiger charge is 2.20. The highest BCUT2D eigenvalue weighted by molar-refractivity contribution is 6.04. The van der Waals surface area contributed by atoms with Gasteiger partial charge in [0.1, 0.15) is 5.75 Å². The van der Waals surface area contributed by atoms with Gasteiger partial charge in [0.05, 0.1) is 24.7 Å². The summed E-state index contributed by atoms with van der Waals surface area (Å²) in [6.07, 6.45) is 0. The van der Waals surface area contributed by atoms with E-state index in [1.807, 2.05) is 0 Å². The molecule has 0 fully saturated rings. The lowest BCUT2D eigenvalue weighted by Crippen LogP contribution is -2.07. The molecule has 0 aliphatic rings. The Morgan fingerprint density at radius 3 is 2.07 bits per heavy atom. The summed E-state index contributed by atoms with van der Waals surface area (Å²) in [4.78, 5) is 22.7. The van der Waals surface area contributed by atoms with Gasteiger partial charge in [-0.05, 0) is 41.5 Å². The van der Waals surface area contributed by atoms with Gasteiger partial charge in [-0.3, -0.25) is 10.1 Å². The van der Waals surface area contributed by atoms with Crippen LogP contribution in [0.2, 0.25) is 0 Å². The van der Waals surface area contributed by atoms with Crippen LogP contribution in [0.25, 0.3) is 22.3 Å². The van der Waals surface area contributed by atoms with Gasteiger partial charge < -0.3 is 15.2 Å². The first kappa shape index (κ1) is 18.9. The molecule has 7 heteroatoms. The molecule has 28 heavy (non-hydrogen) atoms. The maximum absolute atomic E-state index is 12.3. The summed E-state index contributed by atoms with van der Waals surface area (Å²) in [5.41, 5.74) is 9.75. The maximum Gasteiger partial charge on any atom is 0.338 e. The summed E-state index contributed by atoms with van der Waals surface area (Å²) >= 11 is 0. The van der Waals surface area contributed by atoms with E-state index in [9.17, 15) is 14.9 Å². The van der Waals surface area contributed by atoms with Gasteiger partial charge in [0, 0.05) is 28.9 Å². The zero-order valence-corrected chi connectivity index (χ0v) is 15.3. The van der Waals surface area contributed by atoms with Crippen molar-refractivity contribution in [3.8, 4) is 28.0 Å². The number of hydrogen-bond donors (Lipinski definition) is 1. The van der Waals surface area contributed by atoms with Gasteiger partial charge >= 0.3 is 5.97 Å². The molecule has 0 atom stereocenters. The van der Waals surface area contributed by atoms with Crippen LogP contribution >= 0.6 is 0 Å². The number of benzene rings is 3. The Bertz CT molecular complexity index is 1030. The van der Waals surface area contributed by atoms with Gasteiger partial charge in [-0.15, -0.1) is 0 Å².